The number of carbonyl (C=O) groups excluding carboxylic acids is 1. The highest BCUT2D eigenvalue weighted by molar-refractivity contribution is 5.83. The fraction of sp³-hybridized carbons (Fsp3) is 0.533. The summed E-state index contributed by atoms with van der Waals surface area (Å²) in [5.41, 5.74) is 6.60. The van der Waals surface area contributed by atoms with Crippen LogP contribution >= 0.6 is 0 Å². The van der Waals surface area contributed by atoms with Gasteiger partial charge in [0.2, 0.25) is 5.91 Å². The molecule has 4 N–H and O–H groups in total. The van der Waals surface area contributed by atoms with Crippen molar-refractivity contribution in [2.24, 2.45) is 5.73 Å². The maximum Gasteiger partial charge on any atom is 0.240 e. The minimum absolute atomic E-state index is 0.0555. The van der Waals surface area contributed by atoms with Crippen molar-refractivity contribution in [2.45, 2.75) is 44.7 Å². The molecule has 1 aromatic carbocycles. The topological polar surface area (TPSA) is 86.8 Å². The highest BCUT2D eigenvalue weighted by atomic mass is 16.3. The number of nitrogens with two attached hydrogens (primary N) is 1. The number of amides is 1. The van der Waals surface area contributed by atoms with E-state index < -0.39 is 6.04 Å². The molecule has 1 aromatic rings. The number of aromatic hydroxyl groups is 2. The van der Waals surface area contributed by atoms with Crippen LogP contribution in [0, 0.1) is 0 Å². The molecule has 0 unspecified atom stereocenters. The summed E-state index contributed by atoms with van der Waals surface area (Å²) >= 11 is 0. The second-order valence-electron chi connectivity index (χ2n) is 6.04. The van der Waals surface area contributed by atoms with Crippen molar-refractivity contribution >= 4 is 5.91 Å². The molecule has 5 nitrogen and oxygen atoms in total. The lowest BCUT2D eigenvalue weighted by Crippen LogP contribution is -2.50. The molecule has 0 bridgehead atoms. The van der Waals surface area contributed by atoms with E-state index in [4.69, 9.17) is 5.73 Å². The van der Waals surface area contributed by atoms with Crippen molar-refractivity contribution in [1.29, 1.82) is 0 Å². The quantitative estimate of drug-likeness (QED) is 0.729. The summed E-state index contributed by atoms with van der Waals surface area (Å²) in [5, 5.41) is 18.7. The highest BCUT2D eigenvalue weighted by Gasteiger charge is 2.37. The van der Waals surface area contributed by atoms with E-state index in [9.17, 15) is 15.0 Å². The van der Waals surface area contributed by atoms with Crippen LogP contribution in [0.5, 0.6) is 11.5 Å². The van der Waals surface area contributed by atoms with E-state index in [0.717, 1.165) is 24.9 Å². The van der Waals surface area contributed by atoms with E-state index in [2.05, 4.69) is 13.8 Å². The van der Waals surface area contributed by atoms with Gasteiger partial charge in [-0.1, -0.05) is 6.07 Å². The van der Waals surface area contributed by atoms with E-state index in [0.29, 0.717) is 6.42 Å². The molecule has 1 amide bonds. The van der Waals surface area contributed by atoms with Crippen LogP contribution in [0.4, 0.5) is 0 Å². The number of benzene rings is 1. The van der Waals surface area contributed by atoms with Crippen molar-refractivity contribution in [3.8, 4) is 11.5 Å². The number of carbonyl (C=O) groups is 1. The monoisotopic (exact) mass is 278 g/mol. The van der Waals surface area contributed by atoms with Gasteiger partial charge in [0, 0.05) is 12.1 Å². The molecule has 1 saturated heterocycles. The van der Waals surface area contributed by atoms with Gasteiger partial charge in [-0.2, -0.15) is 0 Å². The van der Waals surface area contributed by atoms with E-state index in [1.165, 1.54) is 12.1 Å². The fourth-order valence-electron chi connectivity index (χ4n) is 2.75. The van der Waals surface area contributed by atoms with Crippen LogP contribution in [0.25, 0.3) is 0 Å². The molecule has 0 saturated carbocycles. The minimum Gasteiger partial charge on any atom is -0.504 e. The van der Waals surface area contributed by atoms with Gasteiger partial charge in [0.25, 0.3) is 0 Å². The smallest absolute Gasteiger partial charge is 0.240 e. The fourth-order valence-corrected chi connectivity index (χ4v) is 2.75. The van der Waals surface area contributed by atoms with E-state index in [1.807, 2.05) is 4.90 Å². The normalized spacial score (nSPS) is 19.1. The molecule has 20 heavy (non-hydrogen) atoms. The van der Waals surface area contributed by atoms with Crippen molar-refractivity contribution in [3.05, 3.63) is 23.8 Å². The van der Waals surface area contributed by atoms with Gasteiger partial charge in [0.15, 0.2) is 11.5 Å². The molecular weight excluding hydrogens is 256 g/mol. The molecule has 1 atom stereocenters. The molecule has 1 aliphatic rings. The largest absolute Gasteiger partial charge is 0.504 e. The molecule has 5 heteroatoms. The lowest BCUT2D eigenvalue weighted by atomic mass is 10.00. The van der Waals surface area contributed by atoms with Crippen LogP contribution in [-0.4, -0.2) is 39.1 Å². The summed E-state index contributed by atoms with van der Waals surface area (Å²) < 4.78 is 0. The van der Waals surface area contributed by atoms with Gasteiger partial charge in [-0.05, 0) is 50.8 Å². The summed E-state index contributed by atoms with van der Waals surface area (Å²) in [5.74, 6) is -0.418. The number of nitrogens with zero attached hydrogens (tertiary/aromatic N) is 1. The lowest BCUT2D eigenvalue weighted by Gasteiger charge is -2.33. The van der Waals surface area contributed by atoms with Crippen LogP contribution in [0.3, 0.4) is 0 Å². The number of hydrogen-bond donors (Lipinski definition) is 3. The van der Waals surface area contributed by atoms with Gasteiger partial charge < -0.3 is 20.8 Å². The summed E-state index contributed by atoms with van der Waals surface area (Å²) in [6.07, 6.45) is 2.34. The Morgan fingerprint density at radius 1 is 1.40 bits per heavy atom. The van der Waals surface area contributed by atoms with Gasteiger partial charge in [0.05, 0.1) is 6.04 Å². The van der Waals surface area contributed by atoms with Gasteiger partial charge in [-0.15, -0.1) is 0 Å². The van der Waals surface area contributed by atoms with Crippen molar-refractivity contribution < 1.29 is 15.0 Å². The van der Waals surface area contributed by atoms with Crippen LogP contribution < -0.4 is 5.73 Å². The van der Waals surface area contributed by atoms with Crippen molar-refractivity contribution in [3.63, 3.8) is 0 Å². The predicted octanol–water partition coefficient (Wildman–Crippen LogP) is 1.37. The minimum atomic E-state index is -0.628. The Labute approximate surface area is 119 Å². The standard InChI is InChI=1S/C15H22N2O3/c1-15(2)6-3-7-17(15)14(20)11(16)8-10-4-5-12(18)13(19)9-10/h4-5,9,11,18-19H,3,6-8,16H2,1-2H3/t11-/m0/s1. The number of rotatable bonds is 3. The maximum absolute atomic E-state index is 12.4. The van der Waals surface area contributed by atoms with E-state index >= 15 is 0 Å². The third-order valence-corrected chi connectivity index (χ3v) is 3.98. The molecule has 0 aromatic heterocycles. The second-order valence-corrected chi connectivity index (χ2v) is 6.04. The Morgan fingerprint density at radius 3 is 2.65 bits per heavy atom. The zero-order valence-electron chi connectivity index (χ0n) is 12.0. The maximum atomic E-state index is 12.4. The third-order valence-electron chi connectivity index (χ3n) is 3.98. The Kier molecular flexibility index (Phi) is 3.90. The Balaban J connectivity index is 2.06. The number of phenols is 2. The average molecular weight is 278 g/mol. The Morgan fingerprint density at radius 2 is 2.10 bits per heavy atom. The first-order valence-electron chi connectivity index (χ1n) is 6.89. The van der Waals surface area contributed by atoms with Gasteiger partial charge in [-0.3, -0.25) is 4.79 Å². The van der Waals surface area contributed by atoms with Crippen LogP contribution in [0.2, 0.25) is 0 Å². The highest BCUT2D eigenvalue weighted by Crippen LogP contribution is 2.29. The first-order valence-corrected chi connectivity index (χ1v) is 6.89. The molecule has 1 heterocycles. The molecule has 0 spiro atoms. The lowest BCUT2D eigenvalue weighted by molar-refractivity contribution is -0.135. The second kappa shape index (κ2) is 5.32. The third kappa shape index (κ3) is 2.88. The van der Waals surface area contributed by atoms with E-state index in [-0.39, 0.29) is 22.9 Å². The molecule has 110 valence electrons. The van der Waals surface area contributed by atoms with Crippen LogP contribution in [0.15, 0.2) is 18.2 Å². The van der Waals surface area contributed by atoms with Crippen molar-refractivity contribution in [1.82, 2.24) is 4.90 Å². The van der Waals surface area contributed by atoms with Gasteiger partial charge in [-0.25, -0.2) is 0 Å². The zero-order chi connectivity index (χ0) is 14.9. The molecule has 0 aliphatic carbocycles. The SMILES string of the molecule is CC1(C)CCCN1C(=O)[C@@H](N)Cc1ccc(O)c(O)c1. The number of likely N-dealkylation sites (tertiary alicyclic amines) is 1. The number of phenolic OH excluding ortho intramolecular Hbond substituents is 2. The predicted molar refractivity (Wildman–Crippen MR) is 76.5 cm³/mol. The zero-order valence-corrected chi connectivity index (χ0v) is 12.0. The molecular formula is C15H22N2O3. The summed E-state index contributed by atoms with van der Waals surface area (Å²) in [6, 6.07) is 3.88. The Hall–Kier alpha value is -1.75. The van der Waals surface area contributed by atoms with E-state index in [1.54, 1.807) is 6.07 Å². The molecule has 1 fully saturated rings. The summed E-state index contributed by atoms with van der Waals surface area (Å²) in [4.78, 5) is 14.3. The molecule has 2 rings (SSSR count). The first-order chi connectivity index (χ1) is 9.31. The van der Waals surface area contributed by atoms with Gasteiger partial charge in [0.1, 0.15) is 0 Å². The summed E-state index contributed by atoms with van der Waals surface area (Å²) in [6.45, 7) is 4.86. The first kappa shape index (κ1) is 14.7. The van der Waals surface area contributed by atoms with Crippen LogP contribution in [0.1, 0.15) is 32.3 Å². The number of hydrogen-bond acceptors (Lipinski definition) is 4. The molecule has 0 radical (unpaired) electrons. The summed E-state index contributed by atoms with van der Waals surface area (Å²) in [7, 11) is 0. The Bertz CT molecular complexity index is 514. The van der Waals surface area contributed by atoms with Crippen molar-refractivity contribution in [2.75, 3.05) is 6.54 Å². The average Bonchev–Trinajstić information content (AvgIpc) is 2.72. The van der Waals surface area contributed by atoms with Gasteiger partial charge >= 0.3 is 0 Å². The molecule has 1 aliphatic heterocycles. The van der Waals surface area contributed by atoms with Crippen LogP contribution in [-0.2, 0) is 11.2 Å².